The van der Waals surface area contributed by atoms with E-state index in [2.05, 4.69) is 217 Å². The highest BCUT2D eigenvalue weighted by Gasteiger charge is 2.10. The smallest absolute Gasteiger partial charge is 0.0348 e. The quantitative estimate of drug-likeness (QED) is 0.125. The van der Waals surface area contributed by atoms with Gasteiger partial charge in [0, 0.05) is 9.75 Å². The van der Waals surface area contributed by atoms with Gasteiger partial charge in [-0.2, -0.15) is 0 Å². The summed E-state index contributed by atoms with van der Waals surface area (Å²) in [6, 6.07) is 60.5. The Balaban J connectivity index is 1.19. The van der Waals surface area contributed by atoms with Gasteiger partial charge < -0.3 is 0 Å². The highest BCUT2D eigenvalue weighted by atomic mass is 32.1. The SMILES string of the molecule is C(=Cc1ccc2ccccc2c1C=Cc1ccccc1C=C(c1ccccc1)c1cccs1)c1ccccc1C=C(c1ccccc1)c1cccs1. The highest BCUT2D eigenvalue weighted by Crippen LogP contribution is 2.33. The maximum Gasteiger partial charge on any atom is 0.0348 e. The molecule has 8 rings (SSSR count). The van der Waals surface area contributed by atoms with Crippen LogP contribution in [0.2, 0.25) is 0 Å². The molecule has 0 unspecified atom stereocenters. The molecule has 0 N–H and O–H groups in total. The van der Waals surface area contributed by atoms with Crippen molar-refractivity contribution in [1.29, 1.82) is 0 Å². The van der Waals surface area contributed by atoms with Crippen LogP contribution in [0.3, 0.4) is 0 Å². The van der Waals surface area contributed by atoms with E-state index in [4.69, 9.17) is 0 Å². The van der Waals surface area contributed by atoms with E-state index in [9.17, 15) is 0 Å². The Morgan fingerprint density at radius 3 is 1.35 bits per heavy atom. The number of benzene rings is 6. The van der Waals surface area contributed by atoms with E-state index in [-0.39, 0.29) is 0 Å². The molecule has 0 nitrogen and oxygen atoms in total. The second-order valence-electron chi connectivity index (χ2n) is 12.5. The molecule has 0 aliphatic carbocycles. The number of rotatable bonds is 10. The summed E-state index contributed by atoms with van der Waals surface area (Å²) >= 11 is 3.55. The molecule has 0 saturated heterocycles. The van der Waals surface area contributed by atoms with Crippen molar-refractivity contribution in [3.8, 4) is 0 Å². The van der Waals surface area contributed by atoms with Gasteiger partial charge >= 0.3 is 0 Å². The van der Waals surface area contributed by atoms with Crippen LogP contribution in [-0.2, 0) is 0 Å². The summed E-state index contributed by atoms with van der Waals surface area (Å²) < 4.78 is 0. The summed E-state index contributed by atoms with van der Waals surface area (Å²) in [5, 5.41) is 6.75. The summed E-state index contributed by atoms with van der Waals surface area (Å²) in [4.78, 5) is 2.52. The Kier molecular flexibility index (Phi) is 10.1. The standard InChI is InChI=1S/C50H36S2/c1-3-17-39(18-4-1)47(49-25-13-33-51-49)35-43-22-9-7-15-37(43)27-28-42-30-29-41-21-11-12-24-45(41)46(42)32-31-38-16-8-10-23-44(38)36-48(50-26-14-34-52-50)40-19-5-2-6-20-40/h1-36H. The zero-order valence-electron chi connectivity index (χ0n) is 28.6. The second-order valence-corrected chi connectivity index (χ2v) is 14.4. The molecular weight excluding hydrogens is 665 g/mol. The third-order valence-electron chi connectivity index (χ3n) is 9.21. The van der Waals surface area contributed by atoms with Gasteiger partial charge in [0.15, 0.2) is 0 Å². The molecule has 0 saturated carbocycles. The van der Waals surface area contributed by atoms with Gasteiger partial charge in [0.2, 0.25) is 0 Å². The molecule has 6 aromatic carbocycles. The molecule has 52 heavy (non-hydrogen) atoms. The van der Waals surface area contributed by atoms with Gasteiger partial charge in [-0.3, -0.25) is 0 Å². The maximum absolute atomic E-state index is 2.33. The number of thiophene rings is 2. The Labute approximate surface area is 314 Å². The van der Waals surface area contributed by atoms with Crippen molar-refractivity contribution in [2.75, 3.05) is 0 Å². The van der Waals surface area contributed by atoms with Crippen LogP contribution >= 0.6 is 22.7 Å². The first-order chi connectivity index (χ1) is 25.8. The van der Waals surface area contributed by atoms with Gasteiger partial charge in [0.25, 0.3) is 0 Å². The van der Waals surface area contributed by atoms with E-state index < -0.39 is 0 Å². The van der Waals surface area contributed by atoms with Crippen LogP contribution in [0.15, 0.2) is 181 Å². The summed E-state index contributed by atoms with van der Waals surface area (Å²) in [5.41, 5.74) is 12.0. The molecule has 8 aromatic rings. The van der Waals surface area contributed by atoms with Gasteiger partial charge in [-0.25, -0.2) is 0 Å². The van der Waals surface area contributed by atoms with Gasteiger partial charge in [0.1, 0.15) is 0 Å². The van der Waals surface area contributed by atoms with E-state index in [0.717, 1.165) is 0 Å². The van der Waals surface area contributed by atoms with Crippen molar-refractivity contribution >= 4 is 81.0 Å². The van der Waals surface area contributed by atoms with Crippen molar-refractivity contribution in [3.05, 3.63) is 235 Å². The first kappa shape index (κ1) is 33.1. The van der Waals surface area contributed by atoms with Crippen LogP contribution in [0, 0.1) is 0 Å². The molecule has 0 fully saturated rings. The summed E-state index contributed by atoms with van der Waals surface area (Å²) in [6.45, 7) is 0. The molecule has 248 valence electrons. The van der Waals surface area contributed by atoms with E-state index in [1.165, 1.54) is 76.2 Å². The maximum atomic E-state index is 2.33. The highest BCUT2D eigenvalue weighted by molar-refractivity contribution is 7.11. The zero-order valence-corrected chi connectivity index (χ0v) is 30.2. The van der Waals surface area contributed by atoms with Crippen LogP contribution in [0.1, 0.15) is 54.3 Å². The zero-order chi connectivity index (χ0) is 35.0. The molecular formula is C50H36S2. The summed E-state index contributed by atoms with van der Waals surface area (Å²) in [7, 11) is 0. The fraction of sp³-hybridized carbons (Fsp3) is 0. The second kappa shape index (κ2) is 15.9. The predicted octanol–water partition coefficient (Wildman–Crippen LogP) is 14.5. The van der Waals surface area contributed by atoms with E-state index in [1.54, 1.807) is 22.7 Å². The summed E-state index contributed by atoms with van der Waals surface area (Å²) in [6.07, 6.45) is 13.7. The molecule has 0 bridgehead atoms. The normalized spacial score (nSPS) is 12.3. The van der Waals surface area contributed by atoms with Gasteiger partial charge in [-0.1, -0.05) is 182 Å². The minimum absolute atomic E-state index is 1.17. The van der Waals surface area contributed by atoms with Gasteiger partial charge in [-0.15, -0.1) is 22.7 Å². The molecule has 0 spiro atoms. The van der Waals surface area contributed by atoms with Gasteiger partial charge in [-0.05, 0) is 101 Å². The predicted molar refractivity (Wildman–Crippen MR) is 230 cm³/mol. The van der Waals surface area contributed by atoms with Crippen molar-refractivity contribution in [2.24, 2.45) is 0 Å². The molecule has 2 aromatic heterocycles. The van der Waals surface area contributed by atoms with Crippen LogP contribution in [0.25, 0.3) is 58.4 Å². The van der Waals surface area contributed by atoms with Crippen LogP contribution in [0.5, 0.6) is 0 Å². The lowest BCUT2D eigenvalue weighted by molar-refractivity contribution is 1.58. The van der Waals surface area contributed by atoms with Crippen LogP contribution in [0.4, 0.5) is 0 Å². The monoisotopic (exact) mass is 700 g/mol. The Hall–Kier alpha value is -6.06. The molecule has 0 atom stereocenters. The Morgan fingerprint density at radius 1 is 0.346 bits per heavy atom. The van der Waals surface area contributed by atoms with Crippen LogP contribution in [-0.4, -0.2) is 0 Å². The molecule has 0 amide bonds. The van der Waals surface area contributed by atoms with E-state index in [0.29, 0.717) is 0 Å². The van der Waals surface area contributed by atoms with Gasteiger partial charge in [0.05, 0.1) is 0 Å². The average Bonchev–Trinajstić information content (AvgIpc) is 3.95. The minimum Gasteiger partial charge on any atom is -0.144 e. The fourth-order valence-electron chi connectivity index (χ4n) is 6.59. The topological polar surface area (TPSA) is 0 Å². The lowest BCUT2D eigenvalue weighted by Crippen LogP contribution is -1.88. The molecule has 0 aliphatic rings. The number of hydrogen-bond donors (Lipinski definition) is 0. The average molecular weight is 701 g/mol. The van der Waals surface area contributed by atoms with Crippen molar-refractivity contribution in [1.82, 2.24) is 0 Å². The molecule has 0 aliphatic heterocycles. The summed E-state index contributed by atoms with van der Waals surface area (Å²) in [5.74, 6) is 0. The minimum atomic E-state index is 1.17. The Bertz CT molecular complexity index is 2530. The molecule has 2 heterocycles. The van der Waals surface area contributed by atoms with E-state index >= 15 is 0 Å². The van der Waals surface area contributed by atoms with E-state index in [1.807, 2.05) is 0 Å². The fourth-order valence-corrected chi connectivity index (χ4v) is 8.12. The third-order valence-corrected chi connectivity index (χ3v) is 11.0. The lowest BCUT2D eigenvalue weighted by atomic mass is 9.95. The first-order valence-electron chi connectivity index (χ1n) is 17.5. The third kappa shape index (κ3) is 7.50. The molecule has 0 radical (unpaired) electrons. The van der Waals surface area contributed by atoms with Crippen LogP contribution < -0.4 is 0 Å². The Morgan fingerprint density at radius 2 is 0.808 bits per heavy atom. The number of fused-ring (bicyclic) bond motifs is 1. The molecule has 2 heteroatoms. The lowest BCUT2D eigenvalue weighted by Gasteiger charge is -2.10. The van der Waals surface area contributed by atoms with Crippen molar-refractivity contribution in [2.45, 2.75) is 0 Å². The number of hydrogen-bond acceptors (Lipinski definition) is 2. The van der Waals surface area contributed by atoms with Crippen molar-refractivity contribution in [3.63, 3.8) is 0 Å². The van der Waals surface area contributed by atoms with Crippen molar-refractivity contribution < 1.29 is 0 Å². The first-order valence-corrected chi connectivity index (χ1v) is 19.2. The largest absolute Gasteiger partial charge is 0.144 e.